The van der Waals surface area contributed by atoms with Crippen molar-refractivity contribution in [2.24, 2.45) is 0 Å². The second kappa shape index (κ2) is 4.62. The molecule has 15 heavy (non-hydrogen) atoms. The Labute approximate surface area is 89.2 Å². The summed E-state index contributed by atoms with van der Waals surface area (Å²) in [5.74, 6) is -0.277. The molecule has 0 spiro atoms. The zero-order valence-electron chi connectivity index (χ0n) is 8.71. The number of rotatable bonds is 2. The van der Waals surface area contributed by atoms with Crippen molar-refractivity contribution in [1.82, 2.24) is 0 Å². The zero-order chi connectivity index (χ0) is 10.7. The molecule has 82 valence electrons. The van der Waals surface area contributed by atoms with Gasteiger partial charge in [-0.1, -0.05) is 6.07 Å². The van der Waals surface area contributed by atoms with E-state index in [1.165, 1.54) is 18.6 Å². The molecule has 1 fully saturated rings. The monoisotopic (exact) mass is 209 g/mol. The van der Waals surface area contributed by atoms with Gasteiger partial charge in [-0.15, -0.1) is 0 Å². The van der Waals surface area contributed by atoms with Crippen LogP contribution < -0.4 is 5.73 Å². The first-order chi connectivity index (χ1) is 7.25. The highest BCUT2D eigenvalue weighted by atomic mass is 19.1. The van der Waals surface area contributed by atoms with E-state index in [2.05, 4.69) is 0 Å². The average Bonchev–Trinajstić information content (AvgIpc) is 2.24. The maximum absolute atomic E-state index is 12.8. The third kappa shape index (κ3) is 2.69. The molecule has 0 radical (unpaired) electrons. The molecule has 1 unspecified atom stereocenters. The first-order valence-electron chi connectivity index (χ1n) is 5.41. The number of nitrogen functional groups attached to an aromatic ring is 1. The van der Waals surface area contributed by atoms with Crippen LogP contribution in [0.4, 0.5) is 10.1 Å². The van der Waals surface area contributed by atoms with Gasteiger partial charge in [-0.3, -0.25) is 0 Å². The maximum Gasteiger partial charge on any atom is 0.125 e. The van der Waals surface area contributed by atoms with E-state index in [4.69, 9.17) is 10.5 Å². The number of benzene rings is 1. The van der Waals surface area contributed by atoms with Gasteiger partial charge in [-0.25, -0.2) is 4.39 Å². The highest BCUT2D eigenvalue weighted by molar-refractivity contribution is 5.47. The minimum atomic E-state index is -0.277. The molecule has 0 aromatic heterocycles. The molecule has 2 rings (SSSR count). The fourth-order valence-electron chi connectivity index (χ4n) is 1.97. The van der Waals surface area contributed by atoms with E-state index in [1.54, 1.807) is 6.07 Å². The Bertz CT molecular complexity index is 334. The molecule has 1 aromatic rings. The maximum atomic E-state index is 12.8. The van der Waals surface area contributed by atoms with Crippen LogP contribution in [0.15, 0.2) is 18.2 Å². The molecule has 1 atom stereocenters. The van der Waals surface area contributed by atoms with Gasteiger partial charge in [0.05, 0.1) is 6.10 Å². The van der Waals surface area contributed by atoms with Gasteiger partial charge in [-0.2, -0.15) is 0 Å². The van der Waals surface area contributed by atoms with Gasteiger partial charge < -0.3 is 10.5 Å². The van der Waals surface area contributed by atoms with E-state index in [0.29, 0.717) is 5.69 Å². The van der Waals surface area contributed by atoms with Gasteiger partial charge in [0.1, 0.15) is 5.82 Å². The van der Waals surface area contributed by atoms with Crippen LogP contribution in [0, 0.1) is 5.82 Å². The lowest BCUT2D eigenvalue weighted by Gasteiger charge is -2.23. The van der Waals surface area contributed by atoms with Gasteiger partial charge in [0.15, 0.2) is 0 Å². The third-order valence-corrected chi connectivity index (χ3v) is 2.83. The Balaban J connectivity index is 2.03. The molecular weight excluding hydrogens is 193 g/mol. The summed E-state index contributed by atoms with van der Waals surface area (Å²) in [6.07, 6.45) is 4.50. The Kier molecular flexibility index (Phi) is 3.21. The summed E-state index contributed by atoms with van der Waals surface area (Å²) in [5.41, 5.74) is 7.26. The molecule has 1 heterocycles. The second-order valence-corrected chi connectivity index (χ2v) is 4.04. The minimum absolute atomic E-state index is 0.256. The molecule has 0 bridgehead atoms. The van der Waals surface area contributed by atoms with E-state index in [1.807, 2.05) is 0 Å². The minimum Gasteiger partial charge on any atom is -0.398 e. The van der Waals surface area contributed by atoms with Crippen LogP contribution in [-0.4, -0.2) is 12.7 Å². The smallest absolute Gasteiger partial charge is 0.125 e. The van der Waals surface area contributed by atoms with E-state index in [0.717, 1.165) is 31.4 Å². The largest absolute Gasteiger partial charge is 0.398 e. The van der Waals surface area contributed by atoms with Crippen LogP contribution in [0.1, 0.15) is 24.8 Å². The molecular formula is C12H16FNO. The summed E-state index contributed by atoms with van der Waals surface area (Å²) >= 11 is 0. The van der Waals surface area contributed by atoms with E-state index in [-0.39, 0.29) is 11.9 Å². The third-order valence-electron chi connectivity index (χ3n) is 2.83. The van der Waals surface area contributed by atoms with Crippen molar-refractivity contribution in [2.75, 3.05) is 12.3 Å². The fraction of sp³-hybridized carbons (Fsp3) is 0.500. The number of ether oxygens (including phenoxy) is 1. The van der Waals surface area contributed by atoms with E-state index >= 15 is 0 Å². The highest BCUT2D eigenvalue weighted by Gasteiger charge is 2.15. The normalized spacial score (nSPS) is 21.5. The predicted molar refractivity (Wildman–Crippen MR) is 58.1 cm³/mol. The SMILES string of the molecule is Nc1cc(F)ccc1CC1CCCCO1. The summed E-state index contributed by atoms with van der Waals surface area (Å²) in [7, 11) is 0. The fourth-order valence-corrected chi connectivity index (χ4v) is 1.97. The van der Waals surface area contributed by atoms with Crippen molar-refractivity contribution in [3.05, 3.63) is 29.6 Å². The van der Waals surface area contributed by atoms with Crippen LogP contribution in [0.2, 0.25) is 0 Å². The number of hydrogen-bond acceptors (Lipinski definition) is 2. The van der Waals surface area contributed by atoms with Crippen LogP contribution in [0.3, 0.4) is 0 Å². The molecule has 1 aliphatic rings. The Morgan fingerprint density at radius 3 is 2.93 bits per heavy atom. The van der Waals surface area contributed by atoms with Crippen LogP contribution in [-0.2, 0) is 11.2 Å². The lowest BCUT2D eigenvalue weighted by molar-refractivity contribution is 0.0169. The van der Waals surface area contributed by atoms with Crippen molar-refractivity contribution >= 4 is 5.69 Å². The highest BCUT2D eigenvalue weighted by Crippen LogP contribution is 2.21. The van der Waals surface area contributed by atoms with Crippen molar-refractivity contribution in [3.63, 3.8) is 0 Å². The van der Waals surface area contributed by atoms with Crippen LogP contribution >= 0.6 is 0 Å². The number of hydrogen-bond donors (Lipinski definition) is 1. The number of anilines is 1. The quantitative estimate of drug-likeness (QED) is 0.759. The van der Waals surface area contributed by atoms with E-state index in [9.17, 15) is 4.39 Å². The molecule has 0 saturated carbocycles. The Morgan fingerprint density at radius 1 is 1.40 bits per heavy atom. The van der Waals surface area contributed by atoms with Gasteiger partial charge in [0.2, 0.25) is 0 Å². The molecule has 1 aliphatic heterocycles. The van der Waals surface area contributed by atoms with Gasteiger partial charge >= 0.3 is 0 Å². The summed E-state index contributed by atoms with van der Waals surface area (Å²) in [4.78, 5) is 0. The van der Waals surface area contributed by atoms with Gasteiger partial charge in [-0.05, 0) is 37.0 Å². The first kappa shape index (κ1) is 10.4. The zero-order valence-corrected chi connectivity index (χ0v) is 8.71. The van der Waals surface area contributed by atoms with Gasteiger partial charge in [0, 0.05) is 18.7 Å². The average molecular weight is 209 g/mol. The summed E-state index contributed by atoms with van der Waals surface area (Å²) in [5, 5.41) is 0. The topological polar surface area (TPSA) is 35.2 Å². The van der Waals surface area contributed by atoms with Crippen LogP contribution in [0.5, 0.6) is 0 Å². The van der Waals surface area contributed by atoms with Crippen molar-refractivity contribution in [3.8, 4) is 0 Å². The summed E-state index contributed by atoms with van der Waals surface area (Å²) in [6, 6.07) is 4.58. The molecule has 2 N–H and O–H groups in total. The second-order valence-electron chi connectivity index (χ2n) is 4.04. The molecule has 3 heteroatoms. The number of halogens is 1. The first-order valence-corrected chi connectivity index (χ1v) is 5.41. The van der Waals surface area contributed by atoms with Crippen LogP contribution in [0.25, 0.3) is 0 Å². The number of nitrogens with two attached hydrogens (primary N) is 1. The molecule has 1 aromatic carbocycles. The lowest BCUT2D eigenvalue weighted by atomic mass is 10.0. The molecule has 0 amide bonds. The van der Waals surface area contributed by atoms with Crippen molar-refractivity contribution < 1.29 is 9.13 Å². The lowest BCUT2D eigenvalue weighted by Crippen LogP contribution is -2.21. The van der Waals surface area contributed by atoms with Crippen molar-refractivity contribution in [2.45, 2.75) is 31.8 Å². The standard InChI is InChI=1S/C12H16FNO/c13-10-5-4-9(12(14)8-10)7-11-3-1-2-6-15-11/h4-5,8,11H,1-3,6-7,14H2. The Hall–Kier alpha value is -1.09. The van der Waals surface area contributed by atoms with E-state index < -0.39 is 0 Å². The van der Waals surface area contributed by atoms with Gasteiger partial charge in [0.25, 0.3) is 0 Å². The molecule has 1 saturated heterocycles. The summed E-state index contributed by atoms with van der Waals surface area (Å²) in [6.45, 7) is 0.839. The molecule has 0 aliphatic carbocycles. The summed E-state index contributed by atoms with van der Waals surface area (Å²) < 4.78 is 18.4. The predicted octanol–water partition coefficient (Wildman–Crippen LogP) is 2.52. The molecule has 2 nitrogen and oxygen atoms in total. The Morgan fingerprint density at radius 2 is 2.27 bits per heavy atom. The van der Waals surface area contributed by atoms with Crippen molar-refractivity contribution in [1.29, 1.82) is 0 Å².